The fourth-order valence-electron chi connectivity index (χ4n) is 1.78. The zero-order valence-electron chi connectivity index (χ0n) is 10.2. The van der Waals surface area contributed by atoms with Crippen LogP contribution in [0.15, 0.2) is 27.2 Å². The van der Waals surface area contributed by atoms with E-state index in [9.17, 15) is 0 Å². The first-order valence-electron chi connectivity index (χ1n) is 6.21. The molecule has 0 amide bonds. The van der Waals surface area contributed by atoms with E-state index in [1.165, 1.54) is 12.8 Å². The van der Waals surface area contributed by atoms with Crippen LogP contribution in [0.25, 0.3) is 11.4 Å². The summed E-state index contributed by atoms with van der Waals surface area (Å²) in [6.45, 7) is 1.66. The summed E-state index contributed by atoms with van der Waals surface area (Å²) in [4.78, 5) is 4.36. The van der Waals surface area contributed by atoms with Crippen LogP contribution in [-0.2, 0) is 6.54 Å². The Hall–Kier alpha value is -0.910. The highest BCUT2D eigenvalue weighted by Crippen LogP contribution is 2.28. The van der Waals surface area contributed by atoms with Gasteiger partial charge in [0.2, 0.25) is 11.7 Å². The van der Waals surface area contributed by atoms with Crippen LogP contribution in [0.4, 0.5) is 0 Å². The summed E-state index contributed by atoms with van der Waals surface area (Å²) >= 11 is 9.34. The molecule has 4 nitrogen and oxygen atoms in total. The Kier molecular flexibility index (Phi) is 3.86. The molecule has 0 radical (unpaired) electrons. The van der Waals surface area contributed by atoms with Gasteiger partial charge in [-0.3, -0.25) is 0 Å². The molecule has 1 heterocycles. The summed E-state index contributed by atoms with van der Waals surface area (Å²) in [6, 6.07) is 5.57. The average Bonchev–Trinajstić information content (AvgIpc) is 3.10. The van der Waals surface area contributed by atoms with Gasteiger partial charge in [0.1, 0.15) is 0 Å². The van der Waals surface area contributed by atoms with Gasteiger partial charge in [-0.05, 0) is 59.4 Å². The lowest BCUT2D eigenvalue weighted by Crippen LogP contribution is -2.16. The standard InChI is InChI=1S/C13H13BrClN3O/c14-10-5-9(3-4-11(10)15)13-17-12(19-18-13)7-16-6-8-1-2-8/h3-5,8,16H,1-2,6-7H2. The summed E-state index contributed by atoms with van der Waals surface area (Å²) in [5, 5.41) is 7.97. The molecule has 6 heteroatoms. The molecule has 0 atom stereocenters. The molecule has 19 heavy (non-hydrogen) atoms. The minimum Gasteiger partial charge on any atom is -0.338 e. The summed E-state index contributed by atoms with van der Waals surface area (Å²) in [5.41, 5.74) is 0.883. The van der Waals surface area contributed by atoms with Gasteiger partial charge in [-0.2, -0.15) is 4.98 Å². The monoisotopic (exact) mass is 341 g/mol. The van der Waals surface area contributed by atoms with Crippen molar-refractivity contribution in [2.24, 2.45) is 5.92 Å². The number of aromatic nitrogens is 2. The van der Waals surface area contributed by atoms with Gasteiger partial charge in [0.15, 0.2) is 0 Å². The van der Waals surface area contributed by atoms with Gasteiger partial charge < -0.3 is 9.84 Å². The Morgan fingerprint density at radius 3 is 3.00 bits per heavy atom. The van der Waals surface area contributed by atoms with Crippen molar-refractivity contribution in [3.05, 3.63) is 33.6 Å². The van der Waals surface area contributed by atoms with Crippen molar-refractivity contribution in [1.82, 2.24) is 15.5 Å². The van der Waals surface area contributed by atoms with Crippen LogP contribution >= 0.6 is 27.5 Å². The maximum Gasteiger partial charge on any atom is 0.240 e. The molecule has 3 rings (SSSR count). The molecule has 1 aromatic heterocycles. The van der Waals surface area contributed by atoms with Crippen LogP contribution in [0, 0.1) is 5.92 Å². The Balaban J connectivity index is 1.67. The first kappa shape index (κ1) is 13.1. The topological polar surface area (TPSA) is 51.0 Å². The van der Waals surface area contributed by atoms with Crippen molar-refractivity contribution in [3.8, 4) is 11.4 Å². The molecule has 1 aliphatic rings. The molecule has 0 spiro atoms. The first-order chi connectivity index (χ1) is 9.22. The van der Waals surface area contributed by atoms with Gasteiger partial charge in [0, 0.05) is 10.0 Å². The number of hydrogen-bond acceptors (Lipinski definition) is 4. The van der Waals surface area contributed by atoms with Crippen molar-refractivity contribution in [2.75, 3.05) is 6.54 Å². The number of nitrogens with one attached hydrogen (secondary N) is 1. The lowest BCUT2D eigenvalue weighted by Gasteiger charge is -1.98. The lowest BCUT2D eigenvalue weighted by atomic mass is 10.2. The maximum absolute atomic E-state index is 5.96. The van der Waals surface area contributed by atoms with E-state index in [0.717, 1.165) is 22.5 Å². The molecule has 2 aromatic rings. The molecule has 100 valence electrons. The second-order valence-electron chi connectivity index (χ2n) is 4.71. The molecule has 1 aliphatic carbocycles. The SMILES string of the molecule is Clc1ccc(-c2noc(CNCC3CC3)n2)cc1Br. The van der Waals surface area contributed by atoms with E-state index in [2.05, 4.69) is 31.4 Å². The average molecular weight is 343 g/mol. The van der Waals surface area contributed by atoms with Crippen LogP contribution in [0.1, 0.15) is 18.7 Å². The highest BCUT2D eigenvalue weighted by molar-refractivity contribution is 9.10. The number of benzene rings is 1. The van der Waals surface area contributed by atoms with Crippen molar-refractivity contribution < 1.29 is 4.52 Å². The molecule has 0 saturated heterocycles. The van der Waals surface area contributed by atoms with E-state index in [4.69, 9.17) is 16.1 Å². The zero-order valence-corrected chi connectivity index (χ0v) is 12.5. The van der Waals surface area contributed by atoms with Gasteiger partial charge in [-0.25, -0.2) is 0 Å². The third-order valence-corrected chi connectivity index (χ3v) is 4.27. The van der Waals surface area contributed by atoms with Gasteiger partial charge >= 0.3 is 0 Å². The number of hydrogen-bond donors (Lipinski definition) is 1. The molecule has 1 aromatic carbocycles. The Bertz CT molecular complexity index is 583. The summed E-state index contributed by atoms with van der Waals surface area (Å²) in [7, 11) is 0. The normalized spacial score (nSPS) is 14.8. The molecule has 0 unspecified atom stereocenters. The quantitative estimate of drug-likeness (QED) is 0.901. The van der Waals surface area contributed by atoms with E-state index < -0.39 is 0 Å². The molecule has 1 saturated carbocycles. The Labute approximate surface area is 124 Å². The largest absolute Gasteiger partial charge is 0.338 e. The number of rotatable bonds is 5. The lowest BCUT2D eigenvalue weighted by molar-refractivity contribution is 0.367. The van der Waals surface area contributed by atoms with Crippen LogP contribution < -0.4 is 5.32 Å². The van der Waals surface area contributed by atoms with E-state index in [1.807, 2.05) is 18.2 Å². The first-order valence-corrected chi connectivity index (χ1v) is 7.38. The second-order valence-corrected chi connectivity index (χ2v) is 5.98. The molecule has 0 aliphatic heterocycles. The van der Waals surface area contributed by atoms with E-state index in [-0.39, 0.29) is 0 Å². The highest BCUT2D eigenvalue weighted by Gasteiger charge is 2.20. The smallest absolute Gasteiger partial charge is 0.240 e. The predicted molar refractivity (Wildman–Crippen MR) is 76.9 cm³/mol. The molecule has 1 N–H and O–H groups in total. The van der Waals surface area contributed by atoms with Crippen LogP contribution in [0.3, 0.4) is 0 Å². The van der Waals surface area contributed by atoms with Crippen molar-refractivity contribution in [3.63, 3.8) is 0 Å². The Morgan fingerprint density at radius 1 is 1.42 bits per heavy atom. The van der Waals surface area contributed by atoms with Gasteiger partial charge in [-0.1, -0.05) is 16.8 Å². The Morgan fingerprint density at radius 2 is 2.26 bits per heavy atom. The van der Waals surface area contributed by atoms with Crippen molar-refractivity contribution >= 4 is 27.5 Å². The van der Waals surface area contributed by atoms with E-state index in [0.29, 0.717) is 23.3 Å². The fraction of sp³-hybridized carbons (Fsp3) is 0.385. The molecular formula is C13H13BrClN3O. The fourth-order valence-corrected chi connectivity index (χ4v) is 2.28. The summed E-state index contributed by atoms with van der Waals surface area (Å²) in [6.07, 6.45) is 2.67. The predicted octanol–water partition coefficient (Wildman–Crippen LogP) is 3.65. The van der Waals surface area contributed by atoms with Crippen molar-refractivity contribution in [1.29, 1.82) is 0 Å². The van der Waals surface area contributed by atoms with E-state index >= 15 is 0 Å². The number of halogens is 2. The second kappa shape index (κ2) is 5.61. The van der Waals surface area contributed by atoms with Gasteiger partial charge in [-0.15, -0.1) is 0 Å². The molecule has 0 bridgehead atoms. The molecule has 1 fully saturated rings. The summed E-state index contributed by atoms with van der Waals surface area (Å²) < 4.78 is 6.04. The van der Waals surface area contributed by atoms with Crippen molar-refractivity contribution in [2.45, 2.75) is 19.4 Å². The maximum atomic E-state index is 5.96. The third kappa shape index (κ3) is 3.35. The highest BCUT2D eigenvalue weighted by atomic mass is 79.9. The van der Waals surface area contributed by atoms with E-state index in [1.54, 1.807) is 0 Å². The minimum atomic E-state index is 0.584. The van der Waals surface area contributed by atoms with Crippen LogP contribution in [-0.4, -0.2) is 16.7 Å². The number of nitrogens with zero attached hydrogens (tertiary/aromatic N) is 2. The van der Waals surface area contributed by atoms with Crippen LogP contribution in [0.5, 0.6) is 0 Å². The van der Waals surface area contributed by atoms with Gasteiger partial charge in [0.25, 0.3) is 0 Å². The van der Waals surface area contributed by atoms with Gasteiger partial charge in [0.05, 0.1) is 11.6 Å². The third-order valence-electron chi connectivity index (χ3n) is 3.05. The zero-order chi connectivity index (χ0) is 13.2. The molecular weight excluding hydrogens is 330 g/mol. The van der Waals surface area contributed by atoms with Crippen LogP contribution in [0.2, 0.25) is 5.02 Å². The minimum absolute atomic E-state index is 0.584. The summed E-state index contributed by atoms with van der Waals surface area (Å²) in [5.74, 6) is 2.04.